The zero-order valence-corrected chi connectivity index (χ0v) is 18.5. The van der Waals surface area contributed by atoms with Gasteiger partial charge in [0.1, 0.15) is 0 Å². The number of carbonyl (C=O) groups excluding carboxylic acids is 2. The van der Waals surface area contributed by atoms with E-state index in [-0.39, 0.29) is 24.2 Å². The minimum atomic E-state index is -0.154. The van der Waals surface area contributed by atoms with Crippen molar-refractivity contribution in [1.29, 1.82) is 0 Å². The van der Waals surface area contributed by atoms with E-state index in [1.54, 1.807) is 36.4 Å². The Kier molecular flexibility index (Phi) is 7.00. The van der Waals surface area contributed by atoms with Crippen LogP contribution in [-0.4, -0.2) is 49.4 Å². The number of ether oxygens (including phenoxy) is 2. The first-order valence-corrected chi connectivity index (χ1v) is 11.2. The molecule has 31 heavy (non-hydrogen) atoms. The summed E-state index contributed by atoms with van der Waals surface area (Å²) in [6.07, 6.45) is 2.24. The third kappa shape index (κ3) is 5.50. The molecule has 1 N–H and O–H groups in total. The summed E-state index contributed by atoms with van der Waals surface area (Å²) in [4.78, 5) is 27.3. The second kappa shape index (κ2) is 9.90. The first-order valence-electron chi connectivity index (χ1n) is 10.4. The van der Waals surface area contributed by atoms with Gasteiger partial charge in [-0.2, -0.15) is 0 Å². The number of amides is 1. The molecule has 0 bridgehead atoms. The highest BCUT2D eigenvalue weighted by Gasteiger charge is 2.27. The van der Waals surface area contributed by atoms with Gasteiger partial charge in [0.05, 0.1) is 30.5 Å². The Morgan fingerprint density at radius 3 is 2.32 bits per heavy atom. The fourth-order valence-electron chi connectivity index (χ4n) is 3.88. The number of rotatable bonds is 5. The van der Waals surface area contributed by atoms with Crippen LogP contribution >= 0.6 is 23.2 Å². The van der Waals surface area contributed by atoms with Gasteiger partial charge < -0.3 is 14.8 Å². The van der Waals surface area contributed by atoms with Crippen LogP contribution in [-0.2, 0) is 4.79 Å². The average Bonchev–Trinajstić information content (AvgIpc) is 2.99. The van der Waals surface area contributed by atoms with E-state index in [1.165, 1.54) is 0 Å². The monoisotopic (exact) mass is 462 g/mol. The lowest BCUT2D eigenvalue weighted by Crippen LogP contribution is -2.40. The summed E-state index contributed by atoms with van der Waals surface area (Å²) in [6, 6.07) is 10.4. The SMILES string of the molecule is O=C(CN1CCC(C(=O)c2ccc(Cl)cc2)CC1)Nc1cc2c(cc1Cl)OCCCO2. The maximum absolute atomic E-state index is 12.7. The fraction of sp³-hybridized carbons (Fsp3) is 0.391. The van der Waals surface area contributed by atoms with Gasteiger partial charge in [0.15, 0.2) is 17.3 Å². The van der Waals surface area contributed by atoms with Crippen LogP contribution in [0.5, 0.6) is 11.5 Å². The number of halogens is 2. The number of carbonyl (C=O) groups is 2. The Balaban J connectivity index is 1.30. The number of piperidine rings is 1. The predicted octanol–water partition coefficient (Wildman–Crippen LogP) is 4.69. The van der Waals surface area contributed by atoms with Gasteiger partial charge in [-0.05, 0) is 50.2 Å². The highest BCUT2D eigenvalue weighted by Crippen LogP contribution is 2.37. The molecule has 1 amide bonds. The number of fused-ring (bicyclic) bond motifs is 1. The molecule has 2 aliphatic rings. The van der Waals surface area contributed by atoms with E-state index in [0.717, 1.165) is 19.3 Å². The third-order valence-electron chi connectivity index (χ3n) is 5.57. The van der Waals surface area contributed by atoms with Gasteiger partial charge in [0, 0.05) is 35.1 Å². The molecule has 2 heterocycles. The molecule has 0 spiro atoms. The normalized spacial score (nSPS) is 17.1. The summed E-state index contributed by atoms with van der Waals surface area (Å²) < 4.78 is 11.3. The Hall–Kier alpha value is -2.28. The molecule has 4 rings (SSSR count). The molecule has 8 heteroatoms. The number of ketones is 1. The van der Waals surface area contributed by atoms with Crippen molar-refractivity contribution in [3.63, 3.8) is 0 Å². The molecule has 164 valence electrons. The summed E-state index contributed by atoms with van der Waals surface area (Å²) in [5, 5.41) is 3.89. The zero-order valence-electron chi connectivity index (χ0n) is 17.0. The molecular weight excluding hydrogens is 439 g/mol. The third-order valence-corrected chi connectivity index (χ3v) is 6.13. The predicted molar refractivity (Wildman–Crippen MR) is 121 cm³/mol. The largest absolute Gasteiger partial charge is 0.490 e. The van der Waals surface area contributed by atoms with Crippen molar-refractivity contribution < 1.29 is 19.1 Å². The van der Waals surface area contributed by atoms with Crippen molar-refractivity contribution in [2.75, 3.05) is 38.2 Å². The summed E-state index contributed by atoms with van der Waals surface area (Å²) >= 11 is 12.2. The maximum Gasteiger partial charge on any atom is 0.238 e. The standard InChI is InChI=1S/C23H24Cl2N2O4/c24-17-4-2-15(3-5-17)23(29)16-6-8-27(9-7-16)14-22(28)26-19-13-21-20(12-18(19)25)30-10-1-11-31-21/h2-5,12-13,16H,1,6-11,14H2,(H,26,28). The fourth-order valence-corrected chi connectivity index (χ4v) is 4.20. The van der Waals surface area contributed by atoms with Crippen molar-refractivity contribution in [3.05, 3.63) is 52.0 Å². The smallest absolute Gasteiger partial charge is 0.238 e. The number of nitrogens with zero attached hydrogens (tertiary/aromatic N) is 1. The topological polar surface area (TPSA) is 67.9 Å². The molecule has 0 aromatic heterocycles. The number of benzene rings is 2. The van der Waals surface area contributed by atoms with E-state index >= 15 is 0 Å². The Morgan fingerprint density at radius 2 is 1.65 bits per heavy atom. The van der Waals surface area contributed by atoms with Crippen molar-refractivity contribution in [2.45, 2.75) is 19.3 Å². The van der Waals surface area contributed by atoms with E-state index in [1.807, 2.05) is 0 Å². The average molecular weight is 463 g/mol. The van der Waals surface area contributed by atoms with Crippen molar-refractivity contribution in [3.8, 4) is 11.5 Å². The quantitative estimate of drug-likeness (QED) is 0.652. The van der Waals surface area contributed by atoms with E-state index in [4.69, 9.17) is 32.7 Å². The molecular formula is C23H24Cl2N2O4. The minimum Gasteiger partial charge on any atom is -0.490 e. The molecule has 0 unspecified atom stereocenters. The van der Waals surface area contributed by atoms with Gasteiger partial charge in [-0.1, -0.05) is 23.2 Å². The van der Waals surface area contributed by atoms with E-state index in [2.05, 4.69) is 10.2 Å². The summed E-state index contributed by atoms with van der Waals surface area (Å²) in [5.74, 6) is 1.13. The molecule has 0 aliphatic carbocycles. The van der Waals surface area contributed by atoms with Crippen LogP contribution in [0.4, 0.5) is 5.69 Å². The zero-order chi connectivity index (χ0) is 21.8. The molecule has 0 radical (unpaired) electrons. The van der Waals surface area contributed by atoms with Crippen LogP contribution < -0.4 is 14.8 Å². The molecule has 1 fully saturated rings. The lowest BCUT2D eigenvalue weighted by molar-refractivity contribution is -0.117. The van der Waals surface area contributed by atoms with Crippen LogP contribution in [0.3, 0.4) is 0 Å². The Labute approximate surface area is 191 Å². The maximum atomic E-state index is 12.7. The number of hydrogen-bond acceptors (Lipinski definition) is 5. The van der Waals surface area contributed by atoms with Gasteiger partial charge in [-0.3, -0.25) is 14.5 Å². The second-order valence-corrected chi connectivity index (χ2v) is 8.64. The molecule has 1 saturated heterocycles. The molecule has 0 atom stereocenters. The van der Waals surface area contributed by atoms with Gasteiger partial charge in [-0.15, -0.1) is 0 Å². The molecule has 6 nitrogen and oxygen atoms in total. The Morgan fingerprint density at radius 1 is 1.00 bits per heavy atom. The van der Waals surface area contributed by atoms with Crippen LogP contribution in [0.15, 0.2) is 36.4 Å². The van der Waals surface area contributed by atoms with Crippen LogP contribution in [0, 0.1) is 5.92 Å². The molecule has 0 saturated carbocycles. The number of hydrogen-bond donors (Lipinski definition) is 1. The Bertz CT molecular complexity index is 957. The van der Waals surface area contributed by atoms with Crippen molar-refractivity contribution >= 4 is 40.6 Å². The highest BCUT2D eigenvalue weighted by atomic mass is 35.5. The van der Waals surface area contributed by atoms with Crippen molar-refractivity contribution in [1.82, 2.24) is 4.90 Å². The van der Waals surface area contributed by atoms with E-state index in [0.29, 0.717) is 59.1 Å². The molecule has 2 aromatic rings. The van der Waals surface area contributed by atoms with Gasteiger partial charge in [0.2, 0.25) is 5.91 Å². The summed E-state index contributed by atoms with van der Waals surface area (Å²) in [6.45, 7) is 2.75. The number of Topliss-reactive ketones (excluding diaryl/α,β-unsaturated/α-hetero) is 1. The van der Waals surface area contributed by atoms with E-state index in [9.17, 15) is 9.59 Å². The van der Waals surface area contributed by atoms with E-state index < -0.39 is 0 Å². The first-order chi connectivity index (χ1) is 15.0. The van der Waals surface area contributed by atoms with Gasteiger partial charge >= 0.3 is 0 Å². The van der Waals surface area contributed by atoms with Crippen LogP contribution in [0.1, 0.15) is 29.6 Å². The van der Waals surface area contributed by atoms with Gasteiger partial charge in [-0.25, -0.2) is 0 Å². The highest BCUT2D eigenvalue weighted by molar-refractivity contribution is 6.34. The number of likely N-dealkylation sites (tertiary alicyclic amines) is 1. The van der Waals surface area contributed by atoms with Crippen molar-refractivity contribution in [2.24, 2.45) is 5.92 Å². The lowest BCUT2D eigenvalue weighted by atomic mass is 9.89. The summed E-state index contributed by atoms with van der Waals surface area (Å²) in [5.41, 5.74) is 1.19. The number of anilines is 1. The lowest BCUT2D eigenvalue weighted by Gasteiger charge is -2.30. The molecule has 2 aromatic carbocycles. The first kappa shape index (κ1) is 21.9. The van der Waals surface area contributed by atoms with Crippen LogP contribution in [0.25, 0.3) is 0 Å². The van der Waals surface area contributed by atoms with Crippen LogP contribution in [0.2, 0.25) is 10.0 Å². The molecule has 2 aliphatic heterocycles. The minimum absolute atomic E-state index is 0.0309. The second-order valence-electron chi connectivity index (χ2n) is 7.80. The number of nitrogens with one attached hydrogen (secondary N) is 1. The summed E-state index contributed by atoms with van der Waals surface area (Å²) in [7, 11) is 0. The van der Waals surface area contributed by atoms with Gasteiger partial charge in [0.25, 0.3) is 0 Å².